The maximum atomic E-state index is 5.97. The topological polar surface area (TPSA) is 21.8 Å². The van der Waals surface area contributed by atoms with Crippen LogP contribution in [0.3, 0.4) is 0 Å². The van der Waals surface area contributed by atoms with Crippen molar-refractivity contribution in [2.45, 2.75) is 44.2 Å². The van der Waals surface area contributed by atoms with Crippen LogP contribution in [0.25, 0.3) is 0 Å². The molecule has 0 aliphatic carbocycles. The summed E-state index contributed by atoms with van der Waals surface area (Å²) in [6.07, 6.45) is 1.71. The molecule has 0 amide bonds. The highest BCUT2D eigenvalue weighted by Crippen LogP contribution is 2.51. The van der Waals surface area contributed by atoms with Gasteiger partial charge >= 0.3 is 0 Å². The summed E-state index contributed by atoms with van der Waals surface area (Å²) in [6, 6.07) is 10.4. The van der Waals surface area contributed by atoms with Crippen molar-refractivity contribution >= 4 is 0 Å². The highest BCUT2D eigenvalue weighted by atomic mass is 16.6. The van der Waals surface area contributed by atoms with Crippen LogP contribution in [0.15, 0.2) is 30.3 Å². The number of fused-ring (bicyclic) bond motifs is 1. The SMILES string of the molecule is C[C@H]1O[C@@H](c2ccccc2)C[C@@]2(C)O[C@@H]12. The first-order chi connectivity index (χ1) is 7.19. The molecule has 0 aromatic heterocycles. The van der Waals surface area contributed by atoms with Gasteiger partial charge in [0.2, 0.25) is 0 Å². The molecule has 2 nitrogen and oxygen atoms in total. The Kier molecular flexibility index (Phi) is 1.91. The molecule has 3 rings (SSSR count). The van der Waals surface area contributed by atoms with E-state index in [1.54, 1.807) is 0 Å². The number of benzene rings is 1. The zero-order chi connectivity index (χ0) is 10.5. The van der Waals surface area contributed by atoms with Crippen LogP contribution in [-0.4, -0.2) is 17.8 Å². The zero-order valence-electron chi connectivity index (χ0n) is 9.14. The van der Waals surface area contributed by atoms with E-state index in [1.165, 1.54) is 5.56 Å². The summed E-state index contributed by atoms with van der Waals surface area (Å²) < 4.78 is 11.7. The summed E-state index contributed by atoms with van der Waals surface area (Å²) in [6.45, 7) is 4.29. The Labute approximate surface area is 90.2 Å². The zero-order valence-corrected chi connectivity index (χ0v) is 9.14. The fourth-order valence-electron chi connectivity index (χ4n) is 2.62. The van der Waals surface area contributed by atoms with Crippen LogP contribution in [-0.2, 0) is 9.47 Å². The van der Waals surface area contributed by atoms with Gasteiger partial charge in [-0.15, -0.1) is 0 Å². The van der Waals surface area contributed by atoms with Crippen molar-refractivity contribution < 1.29 is 9.47 Å². The molecule has 2 heteroatoms. The summed E-state index contributed by atoms with van der Waals surface area (Å²) in [5, 5.41) is 0. The molecule has 80 valence electrons. The van der Waals surface area contributed by atoms with Gasteiger partial charge < -0.3 is 9.47 Å². The average molecular weight is 204 g/mol. The number of ether oxygens (including phenoxy) is 2. The van der Waals surface area contributed by atoms with Gasteiger partial charge in [-0.05, 0) is 19.4 Å². The lowest BCUT2D eigenvalue weighted by Crippen LogP contribution is -2.32. The van der Waals surface area contributed by atoms with Crippen LogP contribution in [0.1, 0.15) is 31.9 Å². The van der Waals surface area contributed by atoms with Crippen molar-refractivity contribution in [2.24, 2.45) is 0 Å². The predicted molar refractivity (Wildman–Crippen MR) is 57.6 cm³/mol. The van der Waals surface area contributed by atoms with E-state index in [-0.39, 0.29) is 17.8 Å². The second-order valence-electron chi connectivity index (χ2n) is 4.80. The molecule has 1 aromatic carbocycles. The van der Waals surface area contributed by atoms with E-state index in [4.69, 9.17) is 9.47 Å². The fourth-order valence-corrected chi connectivity index (χ4v) is 2.62. The van der Waals surface area contributed by atoms with Crippen molar-refractivity contribution in [3.05, 3.63) is 35.9 Å². The molecule has 0 unspecified atom stereocenters. The number of hydrogen-bond acceptors (Lipinski definition) is 2. The monoisotopic (exact) mass is 204 g/mol. The lowest BCUT2D eigenvalue weighted by atomic mass is 9.90. The molecule has 2 aliphatic rings. The summed E-state index contributed by atoms with van der Waals surface area (Å²) >= 11 is 0. The Morgan fingerprint density at radius 3 is 2.67 bits per heavy atom. The molecule has 2 fully saturated rings. The second kappa shape index (κ2) is 3.06. The van der Waals surface area contributed by atoms with E-state index in [2.05, 4.69) is 38.1 Å². The summed E-state index contributed by atoms with van der Waals surface area (Å²) in [7, 11) is 0. The van der Waals surface area contributed by atoms with Gasteiger partial charge in [-0.1, -0.05) is 30.3 Å². The van der Waals surface area contributed by atoms with Crippen LogP contribution >= 0.6 is 0 Å². The first kappa shape index (κ1) is 9.37. The maximum Gasteiger partial charge on any atom is 0.113 e. The molecule has 0 N–H and O–H groups in total. The van der Waals surface area contributed by atoms with E-state index in [0.29, 0.717) is 6.10 Å². The Morgan fingerprint density at radius 1 is 1.27 bits per heavy atom. The lowest BCUT2D eigenvalue weighted by Gasteiger charge is -2.28. The first-order valence-electron chi connectivity index (χ1n) is 5.57. The molecule has 2 aliphatic heterocycles. The van der Waals surface area contributed by atoms with E-state index in [9.17, 15) is 0 Å². The summed E-state index contributed by atoms with van der Waals surface area (Å²) in [4.78, 5) is 0. The van der Waals surface area contributed by atoms with Crippen molar-refractivity contribution in [2.75, 3.05) is 0 Å². The third-order valence-corrected chi connectivity index (χ3v) is 3.51. The Balaban J connectivity index is 1.83. The quantitative estimate of drug-likeness (QED) is 0.656. The molecule has 4 atom stereocenters. The van der Waals surface area contributed by atoms with E-state index >= 15 is 0 Å². The molecule has 0 saturated carbocycles. The second-order valence-corrected chi connectivity index (χ2v) is 4.80. The minimum absolute atomic E-state index is 0.0676. The Bertz CT molecular complexity index is 362. The molecule has 2 heterocycles. The van der Waals surface area contributed by atoms with E-state index < -0.39 is 0 Å². The average Bonchev–Trinajstić information content (AvgIpc) is 2.92. The van der Waals surface area contributed by atoms with Crippen LogP contribution in [0.5, 0.6) is 0 Å². The Hall–Kier alpha value is -0.860. The molecule has 1 aromatic rings. The van der Waals surface area contributed by atoms with Crippen LogP contribution in [0, 0.1) is 0 Å². The largest absolute Gasteiger partial charge is 0.368 e. The third-order valence-electron chi connectivity index (χ3n) is 3.51. The van der Waals surface area contributed by atoms with Crippen molar-refractivity contribution in [1.82, 2.24) is 0 Å². The van der Waals surface area contributed by atoms with Crippen LogP contribution in [0.4, 0.5) is 0 Å². The minimum atomic E-state index is 0.0676. The molecule has 0 bridgehead atoms. The van der Waals surface area contributed by atoms with Crippen molar-refractivity contribution in [1.29, 1.82) is 0 Å². The van der Waals surface area contributed by atoms with Crippen LogP contribution < -0.4 is 0 Å². The van der Waals surface area contributed by atoms with Crippen molar-refractivity contribution in [3.63, 3.8) is 0 Å². The normalized spacial score (nSPS) is 43.5. The molecule has 15 heavy (non-hydrogen) atoms. The van der Waals surface area contributed by atoms with Gasteiger partial charge in [0.25, 0.3) is 0 Å². The first-order valence-corrected chi connectivity index (χ1v) is 5.57. The van der Waals surface area contributed by atoms with Crippen molar-refractivity contribution in [3.8, 4) is 0 Å². The van der Waals surface area contributed by atoms with Gasteiger partial charge in [-0.25, -0.2) is 0 Å². The Morgan fingerprint density at radius 2 is 2.00 bits per heavy atom. The smallest absolute Gasteiger partial charge is 0.113 e. The molecule has 0 radical (unpaired) electrons. The number of rotatable bonds is 1. The minimum Gasteiger partial charge on any atom is -0.368 e. The standard InChI is InChI=1S/C13H16O2/c1-9-12-13(2,15-12)8-11(14-9)10-6-4-3-5-7-10/h3-7,9,11-12H,8H2,1-2H3/t9-,11-,12+,13-/m1/s1. The number of hydrogen-bond donors (Lipinski definition) is 0. The highest BCUT2D eigenvalue weighted by Gasteiger charge is 2.60. The van der Waals surface area contributed by atoms with Crippen LogP contribution in [0.2, 0.25) is 0 Å². The maximum absolute atomic E-state index is 5.97. The summed E-state index contributed by atoms with van der Waals surface area (Å²) in [5.41, 5.74) is 1.33. The summed E-state index contributed by atoms with van der Waals surface area (Å²) in [5.74, 6) is 0. The van der Waals surface area contributed by atoms with Gasteiger partial charge in [0.15, 0.2) is 0 Å². The van der Waals surface area contributed by atoms with Gasteiger partial charge in [0.1, 0.15) is 6.10 Å². The van der Waals surface area contributed by atoms with Gasteiger partial charge in [-0.3, -0.25) is 0 Å². The molecule has 2 saturated heterocycles. The van der Waals surface area contributed by atoms with Gasteiger partial charge in [0.05, 0.1) is 17.8 Å². The molecular weight excluding hydrogens is 188 g/mol. The highest BCUT2D eigenvalue weighted by molar-refractivity contribution is 5.21. The molecular formula is C13H16O2. The van der Waals surface area contributed by atoms with Gasteiger partial charge in [0, 0.05) is 6.42 Å². The van der Waals surface area contributed by atoms with E-state index in [0.717, 1.165) is 6.42 Å². The van der Waals surface area contributed by atoms with E-state index in [1.807, 2.05) is 6.07 Å². The third kappa shape index (κ3) is 1.48. The van der Waals surface area contributed by atoms with Gasteiger partial charge in [-0.2, -0.15) is 0 Å². The fraction of sp³-hybridized carbons (Fsp3) is 0.538. The lowest BCUT2D eigenvalue weighted by molar-refractivity contribution is -0.0372. The predicted octanol–water partition coefficient (Wildman–Crippen LogP) is 2.69. The number of epoxide rings is 1. The molecule has 0 spiro atoms.